The first kappa shape index (κ1) is 9.86. The van der Waals surface area contributed by atoms with Gasteiger partial charge in [-0.15, -0.1) is 0 Å². The van der Waals surface area contributed by atoms with E-state index in [-0.39, 0.29) is 5.54 Å². The van der Waals surface area contributed by atoms with E-state index >= 15 is 0 Å². The minimum atomic E-state index is 0.00249. The van der Waals surface area contributed by atoms with Gasteiger partial charge in [-0.25, -0.2) is 9.97 Å². The first-order valence-corrected chi connectivity index (χ1v) is 5.31. The van der Waals surface area contributed by atoms with E-state index in [2.05, 4.69) is 38.1 Å². The van der Waals surface area contributed by atoms with Crippen LogP contribution in [-0.2, 0) is 4.74 Å². The predicted octanol–water partition coefficient (Wildman–Crippen LogP) is 1.83. The van der Waals surface area contributed by atoms with Crippen LogP contribution >= 0.6 is 15.9 Å². The van der Waals surface area contributed by atoms with Gasteiger partial charge in [-0.3, -0.25) is 0 Å². The van der Waals surface area contributed by atoms with Crippen LogP contribution in [0, 0.1) is 0 Å². The van der Waals surface area contributed by atoms with E-state index in [1.54, 1.807) is 12.4 Å². The molecule has 1 N–H and O–H groups in total. The van der Waals surface area contributed by atoms with Gasteiger partial charge in [0.2, 0.25) is 0 Å². The van der Waals surface area contributed by atoms with Crippen LogP contribution in [-0.4, -0.2) is 28.7 Å². The molecule has 1 aromatic rings. The zero-order chi connectivity index (χ0) is 10.0. The molecule has 14 heavy (non-hydrogen) atoms. The average molecular weight is 258 g/mol. The number of hydrogen-bond donors (Lipinski definition) is 1. The molecule has 0 aromatic carbocycles. The molecule has 2 rings (SSSR count). The molecule has 4 nitrogen and oxygen atoms in total. The van der Waals surface area contributed by atoms with Gasteiger partial charge in [-0.05, 0) is 29.3 Å². The second kappa shape index (κ2) is 3.82. The Labute approximate surface area is 91.2 Å². The van der Waals surface area contributed by atoms with Crippen molar-refractivity contribution < 1.29 is 4.74 Å². The highest BCUT2D eigenvalue weighted by Crippen LogP contribution is 2.22. The molecule has 2 heterocycles. The quantitative estimate of drug-likeness (QED) is 0.879. The maximum absolute atomic E-state index is 5.34. The summed E-state index contributed by atoms with van der Waals surface area (Å²) >= 11 is 3.25. The Morgan fingerprint density at radius 1 is 1.50 bits per heavy atom. The van der Waals surface area contributed by atoms with Crippen molar-refractivity contribution >= 4 is 21.7 Å². The summed E-state index contributed by atoms with van der Waals surface area (Å²) in [5.74, 6) is 0.793. The van der Waals surface area contributed by atoms with Gasteiger partial charge < -0.3 is 10.1 Å². The van der Waals surface area contributed by atoms with Crippen molar-refractivity contribution in [3.8, 4) is 0 Å². The van der Waals surface area contributed by atoms with E-state index in [4.69, 9.17) is 4.74 Å². The van der Waals surface area contributed by atoms with Crippen molar-refractivity contribution in [2.75, 3.05) is 18.5 Å². The molecule has 0 amide bonds. The predicted molar refractivity (Wildman–Crippen MR) is 57.2 cm³/mol. The average Bonchev–Trinajstić information content (AvgIpc) is 2.57. The van der Waals surface area contributed by atoms with Crippen LogP contribution in [0.15, 0.2) is 17.0 Å². The summed E-state index contributed by atoms with van der Waals surface area (Å²) in [7, 11) is 0. The van der Waals surface area contributed by atoms with Gasteiger partial charge in [-0.1, -0.05) is 0 Å². The molecule has 1 aliphatic rings. The topological polar surface area (TPSA) is 47.0 Å². The smallest absolute Gasteiger partial charge is 0.145 e. The Kier molecular flexibility index (Phi) is 2.69. The van der Waals surface area contributed by atoms with Gasteiger partial charge in [0.05, 0.1) is 24.5 Å². The van der Waals surface area contributed by atoms with E-state index in [0.29, 0.717) is 0 Å². The van der Waals surface area contributed by atoms with Gasteiger partial charge >= 0.3 is 0 Å². The molecule has 0 spiro atoms. The molecular weight excluding hydrogens is 246 g/mol. The highest BCUT2D eigenvalue weighted by molar-refractivity contribution is 9.10. The van der Waals surface area contributed by atoms with E-state index in [1.807, 2.05) is 0 Å². The van der Waals surface area contributed by atoms with Crippen LogP contribution < -0.4 is 5.32 Å². The van der Waals surface area contributed by atoms with Gasteiger partial charge in [0.15, 0.2) is 0 Å². The van der Waals surface area contributed by atoms with Crippen LogP contribution in [0.5, 0.6) is 0 Å². The first-order valence-electron chi connectivity index (χ1n) is 4.51. The Morgan fingerprint density at radius 2 is 2.36 bits per heavy atom. The molecule has 0 aliphatic carbocycles. The van der Waals surface area contributed by atoms with Crippen molar-refractivity contribution in [2.24, 2.45) is 0 Å². The van der Waals surface area contributed by atoms with Crippen molar-refractivity contribution in [3.63, 3.8) is 0 Å². The summed E-state index contributed by atoms with van der Waals surface area (Å²) < 4.78 is 6.08. The van der Waals surface area contributed by atoms with E-state index in [9.17, 15) is 0 Å². The zero-order valence-electron chi connectivity index (χ0n) is 7.96. The van der Waals surface area contributed by atoms with Gasteiger partial charge in [-0.2, -0.15) is 0 Å². The van der Waals surface area contributed by atoms with Crippen LogP contribution in [0.4, 0.5) is 5.82 Å². The second-order valence-corrected chi connectivity index (χ2v) is 4.53. The lowest BCUT2D eigenvalue weighted by molar-refractivity contribution is 0.185. The summed E-state index contributed by atoms with van der Waals surface area (Å²) in [4.78, 5) is 8.31. The molecule has 0 radical (unpaired) electrons. The lowest BCUT2D eigenvalue weighted by Crippen LogP contribution is -2.35. The largest absolute Gasteiger partial charge is 0.379 e. The monoisotopic (exact) mass is 257 g/mol. The molecule has 1 atom stereocenters. The lowest BCUT2D eigenvalue weighted by Gasteiger charge is -2.23. The van der Waals surface area contributed by atoms with Crippen molar-refractivity contribution in [2.45, 2.75) is 18.9 Å². The fourth-order valence-corrected chi connectivity index (χ4v) is 1.66. The SMILES string of the molecule is CC1(Nc2cnc(Br)cn2)CCOC1. The Bertz CT molecular complexity index is 308. The zero-order valence-corrected chi connectivity index (χ0v) is 9.54. The number of nitrogens with one attached hydrogen (secondary N) is 1. The minimum Gasteiger partial charge on any atom is -0.379 e. The van der Waals surface area contributed by atoms with Gasteiger partial charge in [0.25, 0.3) is 0 Å². The molecule has 1 unspecified atom stereocenters. The Morgan fingerprint density at radius 3 is 2.93 bits per heavy atom. The van der Waals surface area contributed by atoms with Crippen molar-refractivity contribution in [1.82, 2.24) is 9.97 Å². The number of nitrogens with zero attached hydrogens (tertiary/aromatic N) is 2. The molecule has 1 saturated heterocycles. The first-order chi connectivity index (χ1) is 6.68. The van der Waals surface area contributed by atoms with Crippen LogP contribution in [0.3, 0.4) is 0 Å². The van der Waals surface area contributed by atoms with Crippen LogP contribution in [0.2, 0.25) is 0 Å². The number of anilines is 1. The fraction of sp³-hybridized carbons (Fsp3) is 0.556. The van der Waals surface area contributed by atoms with Crippen LogP contribution in [0.25, 0.3) is 0 Å². The number of hydrogen-bond acceptors (Lipinski definition) is 4. The van der Waals surface area contributed by atoms with Crippen molar-refractivity contribution in [3.05, 3.63) is 17.0 Å². The third-order valence-electron chi connectivity index (χ3n) is 2.27. The lowest BCUT2D eigenvalue weighted by atomic mass is 10.0. The van der Waals surface area contributed by atoms with E-state index < -0.39 is 0 Å². The summed E-state index contributed by atoms with van der Waals surface area (Å²) in [5, 5.41) is 3.32. The molecule has 1 aromatic heterocycles. The molecule has 76 valence electrons. The highest BCUT2D eigenvalue weighted by atomic mass is 79.9. The molecule has 0 bridgehead atoms. The molecule has 1 fully saturated rings. The minimum absolute atomic E-state index is 0.00249. The Balaban J connectivity index is 2.06. The fourth-order valence-electron chi connectivity index (χ4n) is 1.45. The number of aromatic nitrogens is 2. The summed E-state index contributed by atoms with van der Waals surface area (Å²) in [5.41, 5.74) is 0.00249. The molecule has 1 aliphatic heterocycles. The normalized spacial score (nSPS) is 26.4. The molecule has 0 saturated carbocycles. The summed E-state index contributed by atoms with van der Waals surface area (Å²) in [6, 6.07) is 0. The maximum atomic E-state index is 5.34. The van der Waals surface area contributed by atoms with E-state index in [0.717, 1.165) is 30.1 Å². The third kappa shape index (κ3) is 2.22. The van der Waals surface area contributed by atoms with Gasteiger partial charge in [0, 0.05) is 6.61 Å². The van der Waals surface area contributed by atoms with E-state index in [1.165, 1.54) is 0 Å². The molecule has 5 heteroatoms. The maximum Gasteiger partial charge on any atom is 0.145 e. The number of halogens is 1. The third-order valence-corrected chi connectivity index (χ3v) is 2.68. The van der Waals surface area contributed by atoms with Crippen molar-refractivity contribution in [1.29, 1.82) is 0 Å². The standard InChI is InChI=1S/C9H12BrN3O/c1-9(2-3-14-6-9)13-8-5-11-7(10)4-12-8/h4-5H,2-3,6H2,1H3,(H,12,13). The van der Waals surface area contributed by atoms with Gasteiger partial charge in [0.1, 0.15) is 10.4 Å². The highest BCUT2D eigenvalue weighted by Gasteiger charge is 2.29. The number of ether oxygens (including phenoxy) is 1. The second-order valence-electron chi connectivity index (χ2n) is 3.71. The Hall–Kier alpha value is -0.680. The molecular formula is C9H12BrN3O. The number of rotatable bonds is 2. The summed E-state index contributed by atoms with van der Waals surface area (Å²) in [6.45, 7) is 3.67. The van der Waals surface area contributed by atoms with Crippen LogP contribution in [0.1, 0.15) is 13.3 Å². The summed E-state index contributed by atoms with van der Waals surface area (Å²) in [6.07, 6.45) is 4.40.